The normalized spacial score (nSPS) is 10.7. The molecule has 27 heavy (non-hydrogen) atoms. The highest BCUT2D eigenvalue weighted by atomic mass is 32.1. The van der Waals surface area contributed by atoms with E-state index in [0.717, 1.165) is 0 Å². The van der Waals surface area contributed by atoms with E-state index in [4.69, 9.17) is 13.9 Å². The molecule has 7 nitrogen and oxygen atoms in total. The molecule has 1 aromatic carbocycles. The van der Waals surface area contributed by atoms with Gasteiger partial charge < -0.3 is 19.2 Å². The van der Waals surface area contributed by atoms with Crippen molar-refractivity contribution in [2.45, 2.75) is 6.42 Å². The minimum atomic E-state index is -0.756. The van der Waals surface area contributed by atoms with Crippen LogP contribution in [0.2, 0.25) is 0 Å². The third kappa shape index (κ3) is 4.60. The number of hydrogen-bond donors (Lipinski definition) is 1. The average molecular weight is 387 g/mol. The number of nitrogens with one attached hydrogen (secondary N) is 1. The molecule has 0 radical (unpaired) electrons. The van der Waals surface area contributed by atoms with Crippen LogP contribution in [-0.2, 0) is 4.74 Å². The molecule has 0 saturated carbocycles. The number of rotatable bonds is 7. The standard InChI is InChI=1S/C19H17NO6S/c1-24-8-3-7-20-17(21)14-10-12-5-6-13(11-15(12)26-18(14)22)25-19(23)16-4-2-9-27-16/h2,4-6,9-11H,3,7-8H2,1H3,(H,20,21). The monoisotopic (exact) mass is 387 g/mol. The molecule has 2 heterocycles. The van der Waals surface area contributed by atoms with Crippen molar-refractivity contribution in [2.75, 3.05) is 20.3 Å². The fraction of sp³-hybridized carbons (Fsp3) is 0.211. The summed E-state index contributed by atoms with van der Waals surface area (Å²) < 4.78 is 15.4. The Morgan fingerprint density at radius 3 is 2.81 bits per heavy atom. The smallest absolute Gasteiger partial charge is 0.353 e. The molecule has 0 saturated heterocycles. The van der Waals surface area contributed by atoms with E-state index in [9.17, 15) is 14.4 Å². The highest BCUT2D eigenvalue weighted by molar-refractivity contribution is 7.12. The van der Waals surface area contributed by atoms with Gasteiger partial charge in [0.25, 0.3) is 5.91 Å². The summed E-state index contributed by atoms with van der Waals surface area (Å²) in [6, 6.07) is 9.51. The van der Waals surface area contributed by atoms with Crippen LogP contribution in [0.4, 0.5) is 0 Å². The summed E-state index contributed by atoms with van der Waals surface area (Å²) in [5.41, 5.74) is -0.607. The van der Waals surface area contributed by atoms with Crippen LogP contribution in [0.5, 0.6) is 5.75 Å². The molecule has 0 spiro atoms. The van der Waals surface area contributed by atoms with Crippen LogP contribution in [0.25, 0.3) is 11.0 Å². The predicted octanol–water partition coefficient (Wildman–Crippen LogP) is 2.84. The van der Waals surface area contributed by atoms with Crippen molar-refractivity contribution in [2.24, 2.45) is 0 Å². The van der Waals surface area contributed by atoms with E-state index in [1.165, 1.54) is 23.5 Å². The van der Waals surface area contributed by atoms with Crippen molar-refractivity contribution in [1.82, 2.24) is 5.32 Å². The minimum absolute atomic E-state index is 0.0803. The number of esters is 1. The molecule has 3 aromatic rings. The fourth-order valence-corrected chi connectivity index (χ4v) is 2.98. The first-order valence-corrected chi connectivity index (χ1v) is 9.07. The van der Waals surface area contributed by atoms with Gasteiger partial charge in [0, 0.05) is 31.7 Å². The molecule has 8 heteroatoms. The summed E-state index contributed by atoms with van der Waals surface area (Å²) in [7, 11) is 1.58. The second kappa shape index (κ2) is 8.61. The van der Waals surface area contributed by atoms with Crippen molar-refractivity contribution >= 4 is 34.2 Å². The Bertz CT molecular complexity index is 1010. The quantitative estimate of drug-likeness (QED) is 0.290. The number of amides is 1. The van der Waals surface area contributed by atoms with Crippen molar-refractivity contribution in [3.05, 3.63) is 62.6 Å². The average Bonchev–Trinajstić information content (AvgIpc) is 3.19. The van der Waals surface area contributed by atoms with Gasteiger partial charge >= 0.3 is 11.6 Å². The van der Waals surface area contributed by atoms with Crippen LogP contribution in [0.15, 0.2) is 51.0 Å². The third-order valence-corrected chi connectivity index (χ3v) is 4.55. The van der Waals surface area contributed by atoms with Gasteiger partial charge in [-0.05, 0) is 36.1 Å². The highest BCUT2D eigenvalue weighted by Gasteiger charge is 2.15. The van der Waals surface area contributed by atoms with E-state index < -0.39 is 17.5 Å². The molecule has 0 atom stereocenters. The number of hydrogen-bond acceptors (Lipinski definition) is 7. The van der Waals surface area contributed by atoms with Crippen molar-refractivity contribution in [1.29, 1.82) is 0 Å². The summed E-state index contributed by atoms with van der Waals surface area (Å²) in [4.78, 5) is 36.7. The first kappa shape index (κ1) is 18.8. The molecular weight excluding hydrogens is 370 g/mol. The predicted molar refractivity (Wildman–Crippen MR) is 101 cm³/mol. The Kier molecular flexibility index (Phi) is 6.00. The molecule has 3 rings (SSSR count). The van der Waals surface area contributed by atoms with Gasteiger partial charge in [0.1, 0.15) is 21.8 Å². The number of ether oxygens (including phenoxy) is 2. The van der Waals surface area contributed by atoms with Gasteiger partial charge in [-0.15, -0.1) is 11.3 Å². The Morgan fingerprint density at radius 2 is 2.07 bits per heavy atom. The molecule has 0 aliphatic rings. The van der Waals surface area contributed by atoms with Gasteiger partial charge in [0.2, 0.25) is 0 Å². The zero-order chi connectivity index (χ0) is 19.2. The van der Waals surface area contributed by atoms with E-state index >= 15 is 0 Å². The van der Waals surface area contributed by atoms with Crippen LogP contribution in [0, 0.1) is 0 Å². The molecule has 0 bridgehead atoms. The molecule has 1 N–H and O–H groups in total. The van der Waals surface area contributed by atoms with Gasteiger partial charge in [-0.25, -0.2) is 9.59 Å². The van der Waals surface area contributed by atoms with Gasteiger partial charge in [-0.3, -0.25) is 4.79 Å². The lowest BCUT2D eigenvalue weighted by Gasteiger charge is -2.06. The SMILES string of the molecule is COCCCNC(=O)c1cc2ccc(OC(=O)c3cccs3)cc2oc1=O. The zero-order valence-electron chi connectivity index (χ0n) is 14.5. The van der Waals surface area contributed by atoms with Gasteiger partial charge in [-0.1, -0.05) is 6.07 Å². The summed E-state index contributed by atoms with van der Waals surface area (Å²) >= 11 is 1.27. The van der Waals surface area contributed by atoms with Crippen LogP contribution in [0.1, 0.15) is 26.5 Å². The maximum Gasteiger partial charge on any atom is 0.353 e. The number of carbonyl (C=O) groups excluding carboxylic acids is 2. The summed E-state index contributed by atoms with van der Waals surface area (Å²) in [5, 5.41) is 4.97. The number of benzene rings is 1. The van der Waals surface area contributed by atoms with Crippen molar-refractivity contribution in [3.8, 4) is 5.75 Å². The second-order valence-electron chi connectivity index (χ2n) is 5.62. The van der Waals surface area contributed by atoms with E-state index in [1.807, 2.05) is 0 Å². The molecule has 2 aromatic heterocycles. The summed E-state index contributed by atoms with van der Waals surface area (Å²) in [6.07, 6.45) is 0.639. The maximum absolute atomic E-state index is 12.1. The Labute approximate surface area is 158 Å². The molecule has 0 aliphatic carbocycles. The number of methoxy groups -OCH3 is 1. The van der Waals surface area contributed by atoms with Gasteiger partial charge in [0.05, 0.1) is 0 Å². The third-order valence-electron chi connectivity index (χ3n) is 3.70. The molecular formula is C19H17NO6S. The minimum Gasteiger partial charge on any atom is -0.422 e. The maximum atomic E-state index is 12.1. The van der Waals surface area contributed by atoms with Crippen LogP contribution >= 0.6 is 11.3 Å². The highest BCUT2D eigenvalue weighted by Crippen LogP contribution is 2.22. The van der Waals surface area contributed by atoms with Crippen molar-refractivity contribution < 1.29 is 23.5 Å². The molecule has 140 valence electrons. The Morgan fingerprint density at radius 1 is 1.22 bits per heavy atom. The van der Waals surface area contributed by atoms with E-state index in [-0.39, 0.29) is 16.9 Å². The number of fused-ring (bicyclic) bond motifs is 1. The van der Waals surface area contributed by atoms with E-state index in [1.54, 1.807) is 36.8 Å². The van der Waals surface area contributed by atoms with E-state index in [2.05, 4.69) is 5.32 Å². The fourth-order valence-electron chi connectivity index (χ4n) is 2.38. The van der Waals surface area contributed by atoms with Crippen LogP contribution in [0.3, 0.4) is 0 Å². The van der Waals surface area contributed by atoms with Gasteiger partial charge in [0.15, 0.2) is 0 Å². The topological polar surface area (TPSA) is 94.8 Å². The summed E-state index contributed by atoms with van der Waals surface area (Å²) in [6.45, 7) is 0.904. The lowest BCUT2D eigenvalue weighted by molar-refractivity contribution is 0.0739. The molecule has 1 amide bonds. The number of thiophene rings is 1. The zero-order valence-corrected chi connectivity index (χ0v) is 15.3. The number of carbonyl (C=O) groups is 2. The molecule has 0 fully saturated rings. The first-order chi connectivity index (χ1) is 13.1. The van der Waals surface area contributed by atoms with Crippen LogP contribution < -0.4 is 15.7 Å². The lowest BCUT2D eigenvalue weighted by Crippen LogP contribution is -2.29. The second-order valence-corrected chi connectivity index (χ2v) is 6.56. The molecule has 0 unspecified atom stereocenters. The summed E-state index contributed by atoms with van der Waals surface area (Å²) in [5.74, 6) is -0.741. The molecule has 0 aliphatic heterocycles. The largest absolute Gasteiger partial charge is 0.422 e. The lowest BCUT2D eigenvalue weighted by atomic mass is 10.1. The van der Waals surface area contributed by atoms with Crippen molar-refractivity contribution in [3.63, 3.8) is 0 Å². The van der Waals surface area contributed by atoms with Crippen LogP contribution in [-0.4, -0.2) is 32.1 Å². The Balaban J connectivity index is 1.77. The van der Waals surface area contributed by atoms with E-state index in [0.29, 0.717) is 29.8 Å². The Hall–Kier alpha value is -2.97. The van der Waals surface area contributed by atoms with Gasteiger partial charge in [-0.2, -0.15) is 0 Å². The first-order valence-electron chi connectivity index (χ1n) is 8.19.